The van der Waals surface area contributed by atoms with Crippen LogP contribution in [-0.2, 0) is 4.79 Å². The van der Waals surface area contributed by atoms with Gasteiger partial charge < -0.3 is 15.0 Å². The van der Waals surface area contributed by atoms with Gasteiger partial charge in [-0.2, -0.15) is 5.10 Å². The van der Waals surface area contributed by atoms with Crippen molar-refractivity contribution in [3.8, 4) is 11.3 Å². The summed E-state index contributed by atoms with van der Waals surface area (Å²) in [5, 5.41) is 11.1. The van der Waals surface area contributed by atoms with E-state index in [0.29, 0.717) is 36.8 Å². The minimum Gasteiger partial charge on any atom is -0.324 e. The number of nitrogens with zero attached hydrogens (tertiary/aromatic N) is 2. The zero-order valence-corrected chi connectivity index (χ0v) is 15.3. The molecule has 1 saturated heterocycles. The van der Waals surface area contributed by atoms with Gasteiger partial charge in [0.1, 0.15) is 12.1 Å². The van der Waals surface area contributed by atoms with Crippen molar-refractivity contribution >= 4 is 28.9 Å². The number of fused-ring (bicyclic) bond motifs is 1. The van der Waals surface area contributed by atoms with E-state index < -0.39 is 0 Å². The zero-order chi connectivity index (χ0) is 19.5. The van der Waals surface area contributed by atoms with E-state index in [9.17, 15) is 14.0 Å². The van der Waals surface area contributed by atoms with Gasteiger partial charge in [0.15, 0.2) is 0 Å². The molecule has 0 spiro atoms. The highest BCUT2D eigenvalue weighted by atomic mass is 19.1. The van der Waals surface area contributed by atoms with Gasteiger partial charge in [-0.1, -0.05) is 0 Å². The summed E-state index contributed by atoms with van der Waals surface area (Å²) in [6.07, 6.45) is 3.23. The van der Waals surface area contributed by atoms with Crippen molar-refractivity contribution in [2.24, 2.45) is 5.92 Å². The molecular formula is C21H21FN4O2. The van der Waals surface area contributed by atoms with Gasteiger partial charge in [-0.05, 0) is 61.2 Å². The van der Waals surface area contributed by atoms with E-state index in [0.717, 1.165) is 35.6 Å². The number of urea groups is 1. The summed E-state index contributed by atoms with van der Waals surface area (Å²) in [6, 6.07) is 11.6. The molecule has 0 aliphatic carbocycles. The molecule has 1 aliphatic rings. The maximum absolute atomic E-state index is 13.2. The minimum atomic E-state index is -0.298. The number of rotatable bonds is 5. The normalized spacial score (nSPS) is 16.5. The molecule has 7 heteroatoms. The van der Waals surface area contributed by atoms with Gasteiger partial charge in [0.05, 0.1) is 11.2 Å². The number of aldehydes is 1. The second-order valence-corrected chi connectivity index (χ2v) is 7.11. The molecule has 6 nitrogen and oxygen atoms in total. The van der Waals surface area contributed by atoms with Crippen LogP contribution in [0.1, 0.15) is 19.3 Å². The lowest BCUT2D eigenvalue weighted by atomic mass is 10.0. The third kappa shape index (κ3) is 3.74. The molecule has 0 saturated carbocycles. The zero-order valence-electron chi connectivity index (χ0n) is 15.3. The van der Waals surface area contributed by atoms with Crippen LogP contribution in [-0.4, -0.2) is 40.5 Å². The maximum atomic E-state index is 13.2. The number of aromatic amines is 1. The smallest absolute Gasteiger partial charge is 0.321 e. The van der Waals surface area contributed by atoms with Crippen molar-refractivity contribution in [1.29, 1.82) is 0 Å². The molecule has 2 aromatic carbocycles. The molecule has 1 atom stereocenters. The largest absolute Gasteiger partial charge is 0.324 e. The summed E-state index contributed by atoms with van der Waals surface area (Å²) in [5.74, 6) is 0.0889. The monoisotopic (exact) mass is 380 g/mol. The van der Waals surface area contributed by atoms with Crippen LogP contribution in [0.5, 0.6) is 0 Å². The lowest BCUT2D eigenvalue weighted by Gasteiger charge is -2.17. The third-order valence-corrected chi connectivity index (χ3v) is 5.20. The lowest BCUT2D eigenvalue weighted by molar-refractivity contribution is -0.108. The number of carbonyl (C=O) groups excluding carboxylic acids is 2. The Morgan fingerprint density at radius 1 is 1.29 bits per heavy atom. The van der Waals surface area contributed by atoms with Crippen LogP contribution in [0.25, 0.3) is 22.2 Å². The first-order chi connectivity index (χ1) is 13.6. The van der Waals surface area contributed by atoms with Crippen LogP contribution in [0, 0.1) is 11.7 Å². The Labute approximate surface area is 161 Å². The highest BCUT2D eigenvalue weighted by Gasteiger charge is 2.26. The summed E-state index contributed by atoms with van der Waals surface area (Å²) in [5.41, 5.74) is 3.03. The molecule has 28 heavy (non-hydrogen) atoms. The number of nitrogens with one attached hydrogen (secondary N) is 2. The molecule has 2 amide bonds. The lowest BCUT2D eigenvalue weighted by Crippen LogP contribution is -2.33. The fourth-order valence-corrected chi connectivity index (χ4v) is 3.68. The van der Waals surface area contributed by atoms with Gasteiger partial charge in [0.25, 0.3) is 0 Å². The standard InChI is InChI=1S/C21H21FN4O2/c22-16-5-3-15(4-6-16)20-18-12-17(7-8-19(18)24-25-20)23-21(28)26-10-9-14(13-26)2-1-11-27/h3-8,11-12,14H,1-2,9-10,13H2,(H,23,28)(H,24,25). The summed E-state index contributed by atoms with van der Waals surface area (Å²) in [7, 11) is 0. The van der Waals surface area contributed by atoms with Crippen LogP contribution >= 0.6 is 0 Å². The Bertz CT molecular complexity index is 999. The van der Waals surface area contributed by atoms with E-state index in [4.69, 9.17) is 0 Å². The number of anilines is 1. The summed E-state index contributed by atoms with van der Waals surface area (Å²) in [4.78, 5) is 24.9. The molecule has 0 radical (unpaired) electrons. The fraction of sp³-hybridized carbons (Fsp3) is 0.286. The fourth-order valence-electron chi connectivity index (χ4n) is 3.68. The van der Waals surface area contributed by atoms with Gasteiger partial charge in [-0.3, -0.25) is 5.10 Å². The number of H-pyrrole nitrogens is 1. The molecule has 4 rings (SSSR count). The molecular weight excluding hydrogens is 359 g/mol. The summed E-state index contributed by atoms with van der Waals surface area (Å²) in [6.45, 7) is 1.37. The van der Waals surface area contributed by atoms with Crippen molar-refractivity contribution in [3.05, 3.63) is 48.3 Å². The van der Waals surface area contributed by atoms with Crippen LogP contribution in [0.2, 0.25) is 0 Å². The van der Waals surface area contributed by atoms with E-state index >= 15 is 0 Å². The van der Waals surface area contributed by atoms with E-state index in [1.807, 2.05) is 18.2 Å². The summed E-state index contributed by atoms with van der Waals surface area (Å²) >= 11 is 0. The van der Waals surface area contributed by atoms with E-state index in [1.54, 1.807) is 17.0 Å². The first-order valence-electron chi connectivity index (χ1n) is 9.37. The second-order valence-electron chi connectivity index (χ2n) is 7.11. The first kappa shape index (κ1) is 18.2. The molecule has 1 fully saturated rings. The Morgan fingerprint density at radius 3 is 2.89 bits per heavy atom. The van der Waals surface area contributed by atoms with Crippen molar-refractivity contribution < 1.29 is 14.0 Å². The number of hydrogen-bond donors (Lipinski definition) is 2. The van der Waals surface area contributed by atoms with Gasteiger partial charge >= 0.3 is 6.03 Å². The number of likely N-dealkylation sites (tertiary alicyclic amines) is 1. The van der Waals surface area contributed by atoms with E-state index in [1.165, 1.54) is 12.1 Å². The Morgan fingerprint density at radius 2 is 2.11 bits per heavy atom. The Hall–Kier alpha value is -3.22. The average Bonchev–Trinajstić information content (AvgIpc) is 3.34. The highest BCUT2D eigenvalue weighted by molar-refractivity contribution is 5.98. The summed E-state index contributed by atoms with van der Waals surface area (Å²) < 4.78 is 13.2. The van der Waals surface area contributed by atoms with Crippen LogP contribution in [0.15, 0.2) is 42.5 Å². The number of carbonyl (C=O) groups is 2. The maximum Gasteiger partial charge on any atom is 0.321 e. The molecule has 144 valence electrons. The molecule has 2 N–H and O–H groups in total. The van der Waals surface area contributed by atoms with E-state index in [2.05, 4.69) is 15.5 Å². The third-order valence-electron chi connectivity index (χ3n) is 5.20. The van der Waals surface area contributed by atoms with Crippen LogP contribution < -0.4 is 5.32 Å². The number of amides is 2. The van der Waals surface area contributed by atoms with Crippen molar-refractivity contribution in [3.63, 3.8) is 0 Å². The van der Waals surface area contributed by atoms with Gasteiger partial charge in [0, 0.05) is 36.1 Å². The quantitative estimate of drug-likeness (QED) is 0.651. The number of hydrogen-bond acceptors (Lipinski definition) is 3. The van der Waals surface area contributed by atoms with Crippen molar-refractivity contribution in [2.75, 3.05) is 18.4 Å². The topological polar surface area (TPSA) is 78.1 Å². The van der Waals surface area contributed by atoms with Crippen LogP contribution in [0.3, 0.4) is 0 Å². The molecule has 0 bridgehead atoms. The second kappa shape index (κ2) is 7.80. The predicted molar refractivity (Wildman–Crippen MR) is 105 cm³/mol. The number of benzene rings is 2. The molecule has 1 aromatic heterocycles. The molecule has 2 heterocycles. The molecule has 3 aromatic rings. The van der Waals surface area contributed by atoms with Crippen molar-refractivity contribution in [2.45, 2.75) is 19.3 Å². The Balaban J connectivity index is 1.50. The molecule has 1 aliphatic heterocycles. The van der Waals surface area contributed by atoms with E-state index in [-0.39, 0.29) is 11.8 Å². The van der Waals surface area contributed by atoms with Crippen molar-refractivity contribution in [1.82, 2.24) is 15.1 Å². The predicted octanol–water partition coefficient (Wildman–Crippen LogP) is 4.20. The Kier molecular flexibility index (Phi) is 5.06. The average molecular weight is 380 g/mol. The SMILES string of the molecule is O=CCCC1CCN(C(=O)Nc2ccc3[nH]nc(-c4ccc(F)cc4)c3c2)C1. The van der Waals surface area contributed by atoms with Crippen LogP contribution in [0.4, 0.5) is 14.9 Å². The number of halogens is 1. The minimum absolute atomic E-state index is 0.139. The first-order valence-corrected chi connectivity index (χ1v) is 9.37. The van der Waals surface area contributed by atoms with Gasteiger partial charge in [0.2, 0.25) is 0 Å². The number of aromatic nitrogens is 2. The van der Waals surface area contributed by atoms with Gasteiger partial charge in [-0.25, -0.2) is 9.18 Å². The molecule has 1 unspecified atom stereocenters. The highest BCUT2D eigenvalue weighted by Crippen LogP contribution is 2.29. The van der Waals surface area contributed by atoms with Gasteiger partial charge in [-0.15, -0.1) is 0 Å².